The van der Waals surface area contributed by atoms with Gasteiger partial charge in [0.25, 0.3) is 11.9 Å². The maximum absolute atomic E-state index is 12.9. The van der Waals surface area contributed by atoms with Gasteiger partial charge in [-0.05, 0) is 238 Å². The zero-order valence-electron chi connectivity index (χ0n) is 76.6. The number of guanidine groups is 5. The summed E-state index contributed by atoms with van der Waals surface area (Å²) in [6.45, 7) is 36.3. The zero-order valence-corrected chi connectivity index (χ0v) is 75.4. The Labute approximate surface area is 746 Å². The maximum atomic E-state index is 12.9. The molecule has 3 aromatic carbocycles. The second-order valence-corrected chi connectivity index (χ2v) is 33.8. The molecule has 0 saturated heterocycles. The van der Waals surface area contributed by atoms with Crippen molar-refractivity contribution in [2.75, 3.05) is 38.9 Å². The number of hydrazone groups is 1. The number of nitrogens with zero attached hydrogens (tertiary/aromatic N) is 16. The monoisotopic (exact) mass is 1740 g/mol. The number of aromatic nitrogens is 5. The molecule has 2 aliphatic carbocycles. The van der Waals surface area contributed by atoms with E-state index < -0.39 is 28.7 Å². The van der Waals surface area contributed by atoms with Crippen molar-refractivity contribution < 1.29 is 27.1 Å². The number of ether oxygens (including phenoxy) is 2. The van der Waals surface area contributed by atoms with Crippen molar-refractivity contribution in [3.05, 3.63) is 208 Å². The number of carbonyl (C=O) groups is 1. The number of halogens is 1. The van der Waals surface area contributed by atoms with Gasteiger partial charge in [-0.15, -0.1) is 0 Å². The van der Waals surface area contributed by atoms with Crippen LogP contribution in [0.25, 0.3) is 11.1 Å². The average Bonchev–Trinajstić information content (AvgIpc) is 1.07. The average molecular weight is 1740 g/mol. The summed E-state index contributed by atoms with van der Waals surface area (Å²) in [5.74, 6) is 4.41. The van der Waals surface area contributed by atoms with Gasteiger partial charge < -0.3 is 57.5 Å². The van der Waals surface area contributed by atoms with Gasteiger partial charge in [-0.2, -0.15) is 26.3 Å². The molecule has 35 heteroatoms. The predicted molar refractivity (Wildman–Crippen MR) is 497 cm³/mol. The summed E-state index contributed by atoms with van der Waals surface area (Å²) in [4.78, 5) is 61.6. The second-order valence-electron chi connectivity index (χ2n) is 33.3. The molecule has 34 nitrogen and oxygen atoms in total. The van der Waals surface area contributed by atoms with Crippen molar-refractivity contribution in [3.8, 4) is 53.5 Å². The number of aliphatic imine (C=N–C) groups is 4. The number of nitriles is 5. The molecular weight excluding hydrogens is 1620 g/mol. The van der Waals surface area contributed by atoms with Crippen LogP contribution < -0.4 is 73.7 Å². The molecule has 2 saturated carbocycles. The van der Waals surface area contributed by atoms with Crippen LogP contribution in [0.3, 0.4) is 0 Å². The molecule has 14 N–H and O–H groups in total. The van der Waals surface area contributed by atoms with Crippen molar-refractivity contribution >= 4 is 81.6 Å². The highest BCUT2D eigenvalue weighted by Crippen LogP contribution is 2.46. The molecule has 0 radical (unpaired) electrons. The molecule has 8 aromatic rings. The first-order valence-electron chi connectivity index (χ1n) is 42.0. The third-order valence-electron chi connectivity index (χ3n) is 20.4. The van der Waals surface area contributed by atoms with E-state index in [1.165, 1.54) is 31.4 Å². The number of hydrogen-bond acceptors (Lipinski definition) is 21. The number of nitrogens with one attached hydrogen (secondary N) is 11. The molecule has 5 unspecified atom stereocenters. The van der Waals surface area contributed by atoms with Crippen molar-refractivity contribution in [2.24, 2.45) is 47.7 Å². The molecule has 126 heavy (non-hydrogen) atoms. The van der Waals surface area contributed by atoms with Crippen molar-refractivity contribution in [3.63, 3.8) is 0 Å². The molecule has 664 valence electrons. The molecule has 1 amide bonds. The third-order valence-corrected chi connectivity index (χ3v) is 20.6. The molecule has 5 aromatic heterocycles. The van der Waals surface area contributed by atoms with Crippen LogP contribution in [0.5, 0.6) is 11.5 Å². The number of aryl methyl sites for hydroxylation is 1. The zero-order chi connectivity index (χ0) is 94.5. The van der Waals surface area contributed by atoms with Gasteiger partial charge >= 0.3 is 0 Å². The summed E-state index contributed by atoms with van der Waals surface area (Å²) >= 11 is 5.93. The number of benzene rings is 3. The topological polar surface area (TPSA) is 502 Å². The molecule has 0 spiro atoms. The highest BCUT2D eigenvalue weighted by molar-refractivity contribution is 6.31. The Morgan fingerprint density at radius 3 is 1.87 bits per heavy atom. The summed E-state index contributed by atoms with van der Waals surface area (Å²) in [6.07, 6.45) is 23.0. The van der Waals surface area contributed by atoms with E-state index in [1.807, 2.05) is 187 Å². The van der Waals surface area contributed by atoms with Crippen LogP contribution in [0.1, 0.15) is 192 Å². The van der Waals surface area contributed by atoms with Crippen LogP contribution in [0.4, 0.5) is 34.3 Å². The number of aliphatic hydroxyl groups is 1. The fourth-order valence-electron chi connectivity index (χ4n) is 12.0. The van der Waals surface area contributed by atoms with E-state index in [4.69, 9.17) is 55.9 Å². The van der Waals surface area contributed by atoms with E-state index in [0.717, 1.165) is 59.1 Å². The first kappa shape index (κ1) is 97.2. The summed E-state index contributed by atoms with van der Waals surface area (Å²) in [7, 11) is 0. The summed E-state index contributed by atoms with van der Waals surface area (Å²) in [6, 6.07) is 36.9. The minimum absolute atomic E-state index is 0.0158. The molecule has 7 atom stereocenters. The minimum Gasteiger partial charge on any atom is -0.492 e. The van der Waals surface area contributed by atoms with Gasteiger partial charge in [0, 0.05) is 70.8 Å². The Hall–Kier alpha value is -14.3. The maximum Gasteiger partial charge on any atom is 0.273 e. The summed E-state index contributed by atoms with van der Waals surface area (Å²) in [5, 5.41) is 100. The van der Waals surface area contributed by atoms with Crippen LogP contribution in [0.15, 0.2) is 196 Å². The van der Waals surface area contributed by atoms with Gasteiger partial charge in [0.1, 0.15) is 34.1 Å². The molecular formula is C91H117ClN28O6. The van der Waals surface area contributed by atoms with Gasteiger partial charge in [-0.3, -0.25) is 46.0 Å². The lowest BCUT2D eigenvalue weighted by atomic mass is 9.85. The lowest BCUT2D eigenvalue weighted by molar-refractivity contribution is -0.485. The van der Waals surface area contributed by atoms with Crippen molar-refractivity contribution in [2.45, 2.75) is 210 Å². The normalized spacial score (nSPS) is 16.9. The lowest BCUT2D eigenvalue weighted by Crippen LogP contribution is -2.53. The largest absolute Gasteiger partial charge is 0.492 e. The number of amides is 1. The number of fused-ring (bicyclic) bond motifs is 3. The van der Waals surface area contributed by atoms with Crippen LogP contribution in [0, 0.1) is 96.9 Å². The molecule has 6 heterocycles. The molecule has 3 aliphatic rings. The fourth-order valence-corrected chi connectivity index (χ4v) is 12.2. The number of nitrogens with two attached hydrogens (primary N) is 1. The first-order chi connectivity index (χ1) is 60.5. The SMILES string of the molecule is CC(N=C(NC#N)Nc1ccncc1)C(C)(C)C.CCC(C)(C)N=C(NC#N)Nc1cc(Cl)cc(C#N)c1.CCC(C)(C)N=C(NC#N)Nc1cccnc1.CCOc1ccccc1N/C(=N\[N+](=O)[O-])NC(C)C(C)(C)C.N#CNC(=NC1CC2CCC1C2)Nc1ccc(N)nc1.[3H]c1ccc(C(=O)N[C@@H]2c3cc(-c4ccnc(C)c4)ccc3OC(C)(C)[C@H]2O)c([3H])n1. The molecule has 11 rings (SSSR count). The highest BCUT2D eigenvalue weighted by atomic mass is 35.5. The van der Waals surface area contributed by atoms with Gasteiger partial charge in [0.2, 0.25) is 23.8 Å². The van der Waals surface area contributed by atoms with Gasteiger partial charge in [0.05, 0.1) is 85.2 Å². The van der Waals surface area contributed by atoms with Crippen LogP contribution in [-0.2, 0) is 0 Å². The summed E-state index contributed by atoms with van der Waals surface area (Å²) in [5.41, 5.74) is 11.6. The van der Waals surface area contributed by atoms with E-state index in [-0.39, 0.29) is 57.9 Å². The molecule has 1 aliphatic heterocycles. The molecule has 2 fully saturated rings. The van der Waals surface area contributed by atoms with Gasteiger partial charge in [-0.25, -0.2) is 35.1 Å². The second kappa shape index (κ2) is 48.5. The predicted octanol–water partition coefficient (Wildman–Crippen LogP) is 15.9. The lowest BCUT2D eigenvalue weighted by Gasteiger charge is -2.42. The minimum atomic E-state index is -1.03. The Morgan fingerprint density at radius 2 is 1.31 bits per heavy atom. The van der Waals surface area contributed by atoms with Gasteiger partial charge in [-0.1, -0.05) is 91.6 Å². The number of aliphatic hydroxyl groups excluding tert-OH is 1. The number of hydrogen-bond donors (Lipinski definition) is 13. The number of para-hydroxylation sites is 2. The van der Waals surface area contributed by atoms with Crippen LogP contribution in [0.2, 0.25) is 5.02 Å². The number of nitro groups is 1. The van der Waals surface area contributed by atoms with E-state index >= 15 is 0 Å². The van der Waals surface area contributed by atoms with Crippen LogP contribution in [-0.4, -0.2) is 118 Å². The van der Waals surface area contributed by atoms with Crippen LogP contribution >= 0.6 is 11.6 Å². The van der Waals surface area contributed by atoms with Crippen molar-refractivity contribution in [1.29, 1.82) is 26.3 Å². The first-order valence-corrected chi connectivity index (χ1v) is 41.4. The Kier molecular flexibility index (Phi) is 37.4. The van der Waals surface area contributed by atoms with E-state index in [0.29, 0.717) is 87.2 Å². The third kappa shape index (κ3) is 34.2. The quantitative estimate of drug-likeness (QED) is 0.00947. The number of anilines is 6. The Morgan fingerprint density at radius 1 is 0.683 bits per heavy atom. The van der Waals surface area contributed by atoms with E-state index in [2.05, 4.69) is 136 Å². The summed E-state index contributed by atoms with van der Waals surface area (Å²) < 4.78 is 26.9. The number of pyridine rings is 5. The molecule has 2 bridgehead atoms. The Bertz CT molecular complexity index is 5380. The highest BCUT2D eigenvalue weighted by Gasteiger charge is 2.44. The number of nitrogen functional groups attached to an aromatic ring is 1. The van der Waals surface area contributed by atoms with Gasteiger partial charge in [0.15, 0.2) is 29.8 Å². The van der Waals surface area contributed by atoms with E-state index in [1.54, 1.807) is 87.4 Å². The Balaban J connectivity index is 0.000000240. The standard InChI is InChI=1S/C23H23N3O3.C15H24N4O3.C14H16ClN5.C14H18N6.C13H19N5.C12H17N5/c1-14-11-16(8-10-25-14)15-6-7-19-18(12-15)20(21(27)23(2,3)29-19)26-22(28)17-5-4-9-24-13-17;1-6-22-13-10-8-7-9-12(13)17-14(18-19(20)21)16-11(2)15(3,4)5;1-4-14(2,3)20-13(18-9-17)19-12-6-10(8-16)5-11(15)7-12;15-8-18-14(19-11-3-4-13(16)17-7-11)20-12-6-9-1-2-10(12)5-9;1-10(13(2,3)4)17-12(16-9-14)18-11-5-7-15-8-6-11;1-4-12(2,3)17-11(15-9-13)16-10-6-5-7-14-8-10/h4-13,20-21,27H,1-3H3,(H,26,28);7-11H,6H2,1-5H3,(H2,16,17,18);5-7H,4H2,1-3H3,(H2,18,19,20);3-4,7,9-10,12H,1-2,5-6H2,(H2,16,17)(H2,18,19,20);5-8,10H,1-4H3,(H2,15,16,17,18);5-8H,4H2,1-3H3,(H2,15,16,17)/t20-,21+;;;;;/m1...../s1/i9T,13T;;;;;. The number of carbonyl (C=O) groups excluding carboxylic acids is 1. The fraction of sp³-hybridized carbons (Fsp3) is 0.407. The van der Waals surface area contributed by atoms with Crippen molar-refractivity contribution in [1.82, 2.24) is 56.8 Å². The van der Waals surface area contributed by atoms with E-state index in [9.17, 15) is 20.0 Å². The smallest absolute Gasteiger partial charge is 0.273 e. The number of rotatable bonds is 18.